The van der Waals surface area contributed by atoms with Crippen LogP contribution in [0, 0.1) is 60.7 Å². The van der Waals surface area contributed by atoms with Crippen molar-refractivity contribution in [3.8, 4) is 0 Å². The molecule has 0 saturated heterocycles. The van der Waals surface area contributed by atoms with Crippen molar-refractivity contribution in [3.63, 3.8) is 0 Å². The van der Waals surface area contributed by atoms with Crippen molar-refractivity contribution in [2.75, 3.05) is 0 Å². The van der Waals surface area contributed by atoms with Gasteiger partial charge in [0.15, 0.2) is 0 Å². The van der Waals surface area contributed by atoms with Crippen LogP contribution >= 0.6 is 0 Å². The zero-order chi connectivity index (χ0) is 16.2. The summed E-state index contributed by atoms with van der Waals surface area (Å²) in [6.07, 6.45) is 0. The van der Waals surface area contributed by atoms with Gasteiger partial charge in [0.25, 0.3) is 0 Å². The zero-order valence-electron chi connectivity index (χ0n) is 8.92. The van der Waals surface area contributed by atoms with Gasteiger partial charge in [0, 0.05) is 19.5 Å². The van der Waals surface area contributed by atoms with E-state index in [4.69, 9.17) is 60.7 Å². The molecule has 19 heteroatoms. The van der Waals surface area contributed by atoms with E-state index < -0.39 is 0 Å². The van der Waals surface area contributed by atoms with Crippen LogP contribution in [0.2, 0.25) is 0 Å². The van der Waals surface area contributed by atoms with E-state index in [2.05, 4.69) is 0 Å². The molecular weight excluding hydrogens is 379 g/mol. The second kappa shape index (κ2) is 323. The normalized spacial score (nSPS) is 3.79. The van der Waals surface area contributed by atoms with E-state index in [-0.39, 0.29) is 20.9 Å². The van der Waals surface area contributed by atoms with Gasteiger partial charge in [-0.25, -0.2) is 0 Å². The fraction of sp³-hybridized carbons (Fsp3) is 0. The largest absolute Gasteiger partial charge is 1.00 e. The topological polar surface area (TPSA) is 315 Å². The van der Waals surface area contributed by atoms with Gasteiger partial charge in [0.1, 0.15) is 0 Å². The summed E-state index contributed by atoms with van der Waals surface area (Å²) in [4.78, 5) is 48.0. The van der Waals surface area contributed by atoms with Gasteiger partial charge in [-0.05, 0) is 0 Å². The third-order valence-corrected chi connectivity index (χ3v) is 0. The third kappa shape index (κ3) is 288. The van der Waals surface area contributed by atoms with E-state index in [0.29, 0.717) is 0 Å². The fourth-order valence-electron chi connectivity index (χ4n) is 0. The van der Waals surface area contributed by atoms with Crippen LogP contribution in [0.25, 0.3) is 0 Å². The minimum absolute atomic E-state index is 0. The number of nitrogens with zero attached hydrogens (tertiary/aromatic N) is 6. The van der Waals surface area contributed by atoms with Crippen LogP contribution < -0.4 is 0 Å². The molecule has 0 aliphatic carbocycles. The summed E-state index contributed by atoms with van der Waals surface area (Å²) >= 11 is 0. The first kappa shape index (κ1) is 44.4. The molecule has 0 saturated carbocycles. The van der Waals surface area contributed by atoms with E-state index >= 15 is 0 Å². The maximum absolute atomic E-state index is 8.00. The number of hydrogen-bond donors (Lipinski definition) is 0. The van der Waals surface area contributed by atoms with Crippen LogP contribution in [0.1, 0.15) is 1.43 Å². The molecule has 18 nitrogen and oxygen atoms in total. The summed E-state index contributed by atoms with van der Waals surface area (Å²) in [5, 5.41) is 54.0. The second-order valence-electron chi connectivity index (χ2n) is 0.447. The van der Waals surface area contributed by atoms with Gasteiger partial charge >= 0.3 is 1.43 Å². The van der Waals surface area contributed by atoms with E-state index in [1.165, 1.54) is 0 Å². The van der Waals surface area contributed by atoms with Gasteiger partial charge in [-0.3, -0.25) is 0 Å². The zero-order valence-corrected chi connectivity index (χ0v) is 9.55. The molecular formula is HN6O12Rh-5. The first-order chi connectivity index (χ1) is 8.49. The van der Waals surface area contributed by atoms with Crippen LogP contribution in [0.3, 0.4) is 0 Å². The second-order valence-corrected chi connectivity index (χ2v) is 0.447. The summed E-state index contributed by atoms with van der Waals surface area (Å²) in [5.41, 5.74) is 0. The predicted molar refractivity (Wildman–Crippen MR) is 56.1 cm³/mol. The molecule has 117 valence electrons. The fourth-order valence-corrected chi connectivity index (χ4v) is 0. The summed E-state index contributed by atoms with van der Waals surface area (Å²) in [6.45, 7) is 0. The van der Waals surface area contributed by atoms with Gasteiger partial charge in [-0.1, -0.05) is 0 Å². The van der Waals surface area contributed by atoms with Crippen LogP contribution in [-0.2, 0) is 19.5 Å². The third-order valence-electron chi connectivity index (χ3n) is 0. The Kier molecular flexibility index (Phi) is 756. The van der Waals surface area contributed by atoms with Gasteiger partial charge in [0.2, 0.25) is 0 Å². The Morgan fingerprint density at radius 3 is 0.421 bits per heavy atom. The Bertz CT molecular complexity index is 119. The Labute approximate surface area is 114 Å². The van der Waals surface area contributed by atoms with Crippen molar-refractivity contribution in [1.29, 1.82) is 0 Å². The molecule has 0 aromatic heterocycles. The molecule has 0 atom stereocenters. The van der Waals surface area contributed by atoms with Gasteiger partial charge in [0.05, 0.1) is 0 Å². The average Bonchev–Trinajstić information content (AvgIpc) is 2.23. The van der Waals surface area contributed by atoms with Crippen LogP contribution in [0.5, 0.6) is 0 Å². The van der Waals surface area contributed by atoms with Crippen molar-refractivity contribution < 1.29 is 20.9 Å². The predicted octanol–water partition coefficient (Wildman–Crippen LogP) is 1.61. The van der Waals surface area contributed by atoms with Crippen molar-refractivity contribution >= 4 is 0 Å². The van der Waals surface area contributed by atoms with Crippen molar-refractivity contribution in [2.45, 2.75) is 0 Å². The first-order valence-corrected chi connectivity index (χ1v) is 2.19. The molecule has 0 aromatic carbocycles. The van der Waals surface area contributed by atoms with Crippen LogP contribution in [0.15, 0.2) is 32.0 Å². The van der Waals surface area contributed by atoms with Gasteiger partial charge in [-0.15, -0.1) is 32.0 Å². The molecule has 0 unspecified atom stereocenters. The monoisotopic (exact) mass is 380 g/mol. The Balaban J connectivity index is -0.0000000141. The minimum atomic E-state index is 0. The van der Waals surface area contributed by atoms with Crippen LogP contribution in [-0.4, -0.2) is 0 Å². The van der Waals surface area contributed by atoms with Crippen molar-refractivity contribution in [3.05, 3.63) is 60.7 Å². The van der Waals surface area contributed by atoms with E-state index in [1.807, 2.05) is 0 Å². The summed E-state index contributed by atoms with van der Waals surface area (Å²) in [5.74, 6) is 0. The molecule has 0 aliphatic heterocycles. The van der Waals surface area contributed by atoms with E-state index in [1.54, 1.807) is 0 Å². The number of rotatable bonds is 0. The molecule has 19 heavy (non-hydrogen) atoms. The van der Waals surface area contributed by atoms with E-state index in [9.17, 15) is 0 Å². The molecule has 1 radical (unpaired) electrons. The smallest absolute Gasteiger partial charge is 0.444 e. The summed E-state index contributed by atoms with van der Waals surface area (Å²) in [6, 6.07) is 0. The SMILES string of the molecule is O=N[O-].O=N[O-].O=N[O-].O=N[O-].O=N[O-].O=N[O-].[H+].[Rh]. The molecule has 0 bridgehead atoms. The van der Waals surface area contributed by atoms with Gasteiger partial charge in [-0.2, -0.15) is 0 Å². The van der Waals surface area contributed by atoms with E-state index in [0.717, 1.165) is 32.0 Å². The quantitative estimate of drug-likeness (QED) is 0.328. The minimum Gasteiger partial charge on any atom is -0.444 e. The molecule has 0 heterocycles. The molecule has 0 rings (SSSR count). The molecule has 0 fully saturated rings. The average molecular weight is 380 g/mol. The molecule has 0 N–H and O–H groups in total. The van der Waals surface area contributed by atoms with Crippen LogP contribution in [0.4, 0.5) is 0 Å². The Morgan fingerprint density at radius 1 is 0.421 bits per heavy atom. The molecule has 0 aliphatic rings. The molecule has 0 spiro atoms. The summed E-state index contributed by atoms with van der Waals surface area (Å²) < 4.78 is 0. The summed E-state index contributed by atoms with van der Waals surface area (Å²) in [7, 11) is 0. The van der Waals surface area contributed by atoms with Gasteiger partial charge < -0.3 is 60.7 Å². The Hall–Kier alpha value is -2.98. The van der Waals surface area contributed by atoms with Crippen molar-refractivity contribution in [2.24, 2.45) is 32.0 Å². The standard InChI is InChI=1S/6HNO2.Rh/c6*2-1-3;/h6*(H,2,3);/p-5. The first-order valence-electron chi connectivity index (χ1n) is 2.19. The maximum atomic E-state index is 8.00. The molecule has 0 aromatic rings. The van der Waals surface area contributed by atoms with Crippen molar-refractivity contribution in [1.82, 2.24) is 0 Å². The Morgan fingerprint density at radius 2 is 0.421 bits per heavy atom. The maximum Gasteiger partial charge on any atom is 1.00 e. The molecule has 0 amide bonds. The number of hydrogen-bond acceptors (Lipinski definition) is 18.